The van der Waals surface area contributed by atoms with Gasteiger partial charge in [-0.1, -0.05) is 6.07 Å². The average molecular weight is 336 g/mol. The molecule has 0 spiro atoms. The number of hydrogen-bond acceptors (Lipinski definition) is 5. The minimum Gasteiger partial charge on any atom is -0.478 e. The van der Waals surface area contributed by atoms with E-state index in [0.717, 1.165) is 6.07 Å². The van der Waals surface area contributed by atoms with Crippen LogP contribution in [0.1, 0.15) is 22.3 Å². The maximum absolute atomic E-state index is 12.0. The highest BCUT2D eigenvalue weighted by atomic mass is 32.2. The maximum Gasteiger partial charge on any atom is 0.335 e. The van der Waals surface area contributed by atoms with Crippen LogP contribution in [0.15, 0.2) is 23.1 Å². The Balaban J connectivity index is 2.84. The van der Waals surface area contributed by atoms with Crippen molar-refractivity contribution in [3.63, 3.8) is 0 Å². The van der Waals surface area contributed by atoms with E-state index >= 15 is 0 Å². The second kappa shape index (κ2) is 6.52. The number of sulfonamides is 2. The quantitative estimate of drug-likeness (QED) is 0.581. The van der Waals surface area contributed by atoms with Gasteiger partial charge in [-0.2, -0.15) is 0 Å². The number of carbonyl (C=O) groups is 1. The van der Waals surface area contributed by atoms with E-state index in [4.69, 9.17) is 10.2 Å². The summed E-state index contributed by atoms with van der Waals surface area (Å²) in [6.45, 7) is 1.44. The van der Waals surface area contributed by atoms with Gasteiger partial charge in [0, 0.05) is 6.54 Å². The lowest BCUT2D eigenvalue weighted by Crippen LogP contribution is -2.27. The molecule has 0 heterocycles. The Morgan fingerprint density at radius 2 is 1.90 bits per heavy atom. The molecule has 0 aliphatic heterocycles. The maximum atomic E-state index is 12.0. The van der Waals surface area contributed by atoms with Gasteiger partial charge in [-0.3, -0.25) is 0 Å². The van der Waals surface area contributed by atoms with Crippen molar-refractivity contribution in [1.29, 1.82) is 0 Å². The van der Waals surface area contributed by atoms with Gasteiger partial charge in [0.1, 0.15) is 0 Å². The molecule has 0 saturated heterocycles. The van der Waals surface area contributed by atoms with Gasteiger partial charge in [0.25, 0.3) is 0 Å². The Hall–Kier alpha value is -1.49. The number of aromatic carboxylic acids is 1. The van der Waals surface area contributed by atoms with E-state index in [1.54, 1.807) is 6.92 Å². The number of nitrogens with one attached hydrogen (secondary N) is 1. The molecule has 0 aliphatic carbocycles. The van der Waals surface area contributed by atoms with E-state index in [2.05, 4.69) is 4.72 Å². The molecule has 1 rings (SSSR count). The van der Waals surface area contributed by atoms with Gasteiger partial charge in [-0.05, 0) is 31.0 Å². The predicted octanol–water partition coefficient (Wildman–Crippen LogP) is -0.350. The minimum atomic E-state index is -3.90. The van der Waals surface area contributed by atoms with Gasteiger partial charge in [-0.15, -0.1) is 0 Å². The normalized spacial score (nSPS) is 12.3. The third-order valence-electron chi connectivity index (χ3n) is 2.65. The molecule has 0 aliphatic rings. The van der Waals surface area contributed by atoms with E-state index < -0.39 is 26.0 Å². The first kappa shape index (κ1) is 17.6. The van der Waals surface area contributed by atoms with E-state index in [0.29, 0.717) is 5.56 Å². The van der Waals surface area contributed by atoms with Crippen molar-refractivity contribution in [2.24, 2.45) is 5.14 Å². The summed E-state index contributed by atoms with van der Waals surface area (Å²) in [5.41, 5.74) is 0.332. The largest absolute Gasteiger partial charge is 0.478 e. The molecule has 8 nitrogen and oxygen atoms in total. The number of nitrogens with two attached hydrogens (primary N) is 1. The number of primary sulfonamides is 1. The van der Waals surface area contributed by atoms with Crippen LogP contribution in [0.4, 0.5) is 0 Å². The van der Waals surface area contributed by atoms with Crippen molar-refractivity contribution in [3.05, 3.63) is 29.3 Å². The van der Waals surface area contributed by atoms with Crippen molar-refractivity contribution in [2.75, 3.05) is 12.3 Å². The second-order valence-electron chi connectivity index (χ2n) is 4.40. The molecule has 0 unspecified atom stereocenters. The zero-order chi connectivity index (χ0) is 16.3. The van der Waals surface area contributed by atoms with Gasteiger partial charge < -0.3 is 5.11 Å². The molecule has 1 aromatic carbocycles. The van der Waals surface area contributed by atoms with Gasteiger partial charge in [0.2, 0.25) is 20.0 Å². The molecule has 0 atom stereocenters. The highest BCUT2D eigenvalue weighted by Gasteiger charge is 2.17. The Kier molecular flexibility index (Phi) is 5.45. The smallest absolute Gasteiger partial charge is 0.335 e. The number of rotatable bonds is 7. The van der Waals surface area contributed by atoms with Crippen LogP contribution in [0.25, 0.3) is 0 Å². The van der Waals surface area contributed by atoms with Crippen molar-refractivity contribution in [1.82, 2.24) is 4.72 Å². The fourth-order valence-electron chi connectivity index (χ4n) is 1.56. The average Bonchev–Trinajstić information content (AvgIpc) is 2.33. The molecule has 0 amide bonds. The van der Waals surface area contributed by atoms with Crippen LogP contribution in [0.5, 0.6) is 0 Å². The highest BCUT2D eigenvalue weighted by Crippen LogP contribution is 2.15. The Labute approximate surface area is 123 Å². The van der Waals surface area contributed by atoms with Crippen molar-refractivity contribution < 1.29 is 26.7 Å². The fraction of sp³-hybridized carbons (Fsp3) is 0.364. The summed E-state index contributed by atoms with van der Waals surface area (Å²) in [6, 6.07) is 3.73. The van der Waals surface area contributed by atoms with Crippen LogP contribution < -0.4 is 9.86 Å². The Bertz CT molecular complexity index is 740. The van der Waals surface area contributed by atoms with Gasteiger partial charge in [0.05, 0.1) is 16.2 Å². The monoisotopic (exact) mass is 336 g/mol. The van der Waals surface area contributed by atoms with Crippen molar-refractivity contribution >= 4 is 26.0 Å². The summed E-state index contributed by atoms with van der Waals surface area (Å²) in [5.74, 6) is -1.57. The summed E-state index contributed by atoms with van der Waals surface area (Å²) < 4.78 is 47.5. The zero-order valence-corrected chi connectivity index (χ0v) is 12.9. The lowest BCUT2D eigenvalue weighted by atomic mass is 10.1. The molecule has 21 heavy (non-hydrogen) atoms. The predicted molar refractivity (Wildman–Crippen MR) is 75.9 cm³/mol. The second-order valence-corrected chi connectivity index (χ2v) is 7.90. The number of aryl methyl sites for hydroxylation is 1. The molecule has 0 saturated carbocycles. The number of benzene rings is 1. The Morgan fingerprint density at radius 1 is 1.29 bits per heavy atom. The topological polar surface area (TPSA) is 144 Å². The third-order valence-corrected chi connectivity index (χ3v) is 4.96. The van der Waals surface area contributed by atoms with Crippen molar-refractivity contribution in [3.8, 4) is 0 Å². The lowest BCUT2D eigenvalue weighted by molar-refractivity contribution is 0.0696. The van der Waals surface area contributed by atoms with Crippen LogP contribution in [-0.4, -0.2) is 40.2 Å². The molecule has 0 bridgehead atoms. The van der Waals surface area contributed by atoms with Crippen LogP contribution >= 0.6 is 0 Å². The van der Waals surface area contributed by atoms with Crippen LogP contribution in [0, 0.1) is 6.92 Å². The molecule has 0 fully saturated rings. The fourth-order valence-corrected chi connectivity index (χ4v) is 3.21. The molecule has 4 N–H and O–H groups in total. The van der Waals surface area contributed by atoms with E-state index in [1.165, 1.54) is 12.1 Å². The first-order chi connectivity index (χ1) is 9.53. The summed E-state index contributed by atoms with van der Waals surface area (Å²) in [5, 5.41) is 13.8. The van der Waals surface area contributed by atoms with Crippen LogP contribution in [0.3, 0.4) is 0 Å². The molecule has 118 valence electrons. The number of hydrogen-bond donors (Lipinski definition) is 3. The van der Waals surface area contributed by atoms with E-state index in [-0.39, 0.29) is 29.2 Å². The van der Waals surface area contributed by atoms with Crippen molar-refractivity contribution in [2.45, 2.75) is 18.2 Å². The van der Waals surface area contributed by atoms with E-state index in [1.807, 2.05) is 0 Å². The number of carboxylic acids is 1. The standard InChI is InChI=1S/C11H16N2O6S2/c1-8-3-4-9(7-10(8)11(14)15)21(18,19)13-5-2-6-20(12,16)17/h3-4,7,13H,2,5-6H2,1H3,(H,14,15)(H2,12,16,17). The molecular weight excluding hydrogens is 320 g/mol. The van der Waals surface area contributed by atoms with Gasteiger partial charge in [-0.25, -0.2) is 31.5 Å². The lowest BCUT2D eigenvalue weighted by Gasteiger charge is -2.08. The zero-order valence-electron chi connectivity index (χ0n) is 11.2. The SMILES string of the molecule is Cc1ccc(S(=O)(=O)NCCCS(N)(=O)=O)cc1C(=O)O. The summed E-state index contributed by atoms with van der Waals surface area (Å²) in [4.78, 5) is 10.8. The molecular formula is C11H16N2O6S2. The number of carboxylic acid groups (broad SMARTS) is 1. The first-order valence-corrected chi connectivity index (χ1v) is 9.07. The highest BCUT2D eigenvalue weighted by molar-refractivity contribution is 7.89. The third kappa shape index (κ3) is 5.42. The van der Waals surface area contributed by atoms with Crippen LogP contribution in [0.2, 0.25) is 0 Å². The first-order valence-electron chi connectivity index (χ1n) is 5.87. The van der Waals surface area contributed by atoms with Gasteiger partial charge in [0.15, 0.2) is 0 Å². The molecule has 0 aromatic heterocycles. The summed E-state index contributed by atoms with van der Waals surface area (Å²) in [7, 11) is -7.54. The van der Waals surface area contributed by atoms with Crippen LogP contribution in [-0.2, 0) is 20.0 Å². The molecule has 10 heteroatoms. The Morgan fingerprint density at radius 3 is 2.43 bits per heavy atom. The minimum absolute atomic E-state index is 0.0235. The molecule has 1 aromatic rings. The molecule has 0 radical (unpaired) electrons. The summed E-state index contributed by atoms with van der Waals surface area (Å²) in [6.07, 6.45) is 0.0235. The summed E-state index contributed by atoms with van der Waals surface area (Å²) >= 11 is 0. The van der Waals surface area contributed by atoms with Gasteiger partial charge >= 0.3 is 5.97 Å². The van der Waals surface area contributed by atoms with E-state index in [9.17, 15) is 21.6 Å².